The monoisotopic (exact) mass is 529 g/mol. The van der Waals surface area contributed by atoms with Gasteiger partial charge in [0.1, 0.15) is 35.2 Å². The largest absolute Gasteiger partial charge is 0.497 e. The molecular formula is C30H31N3O6. The van der Waals surface area contributed by atoms with E-state index in [2.05, 4.69) is 10.3 Å². The van der Waals surface area contributed by atoms with Crippen LogP contribution in [0.2, 0.25) is 0 Å². The highest BCUT2D eigenvalue weighted by Gasteiger charge is 2.38. The Bertz CT molecular complexity index is 1390. The number of methoxy groups -OCH3 is 2. The minimum Gasteiger partial charge on any atom is -0.497 e. The number of aliphatic hydroxyl groups excluding tert-OH is 2. The number of nitrogens with one attached hydrogen (secondary N) is 1. The summed E-state index contributed by atoms with van der Waals surface area (Å²) < 4.78 is 17.8. The summed E-state index contributed by atoms with van der Waals surface area (Å²) in [4.78, 5) is 17.5. The maximum Gasteiger partial charge on any atom is 0.351 e. The lowest BCUT2D eigenvalue weighted by Gasteiger charge is -2.37. The Morgan fingerprint density at radius 1 is 0.923 bits per heavy atom. The molecule has 39 heavy (non-hydrogen) atoms. The van der Waals surface area contributed by atoms with Crippen molar-refractivity contribution in [3.63, 3.8) is 0 Å². The van der Waals surface area contributed by atoms with E-state index >= 15 is 0 Å². The molecule has 0 unspecified atom stereocenters. The number of aliphatic hydroxyl groups is 2. The number of ether oxygens (including phenoxy) is 3. The fourth-order valence-electron chi connectivity index (χ4n) is 5.03. The van der Waals surface area contributed by atoms with Gasteiger partial charge in [0, 0.05) is 12.6 Å². The normalized spacial score (nSPS) is 19.0. The van der Waals surface area contributed by atoms with Crippen LogP contribution in [0, 0.1) is 0 Å². The number of rotatable bonds is 9. The molecule has 0 radical (unpaired) electrons. The molecule has 2 heterocycles. The topological polar surface area (TPSA) is 115 Å². The number of anilines is 1. The van der Waals surface area contributed by atoms with Gasteiger partial charge in [0.15, 0.2) is 0 Å². The van der Waals surface area contributed by atoms with Crippen LogP contribution in [0.4, 0.5) is 5.82 Å². The van der Waals surface area contributed by atoms with Crippen LogP contribution in [0.5, 0.6) is 11.5 Å². The minimum atomic E-state index is -0.937. The molecule has 1 aliphatic heterocycles. The van der Waals surface area contributed by atoms with E-state index in [1.54, 1.807) is 26.5 Å². The Labute approximate surface area is 226 Å². The Hall–Kier alpha value is -4.18. The molecule has 0 spiro atoms. The van der Waals surface area contributed by atoms with Gasteiger partial charge in [0.2, 0.25) is 0 Å². The van der Waals surface area contributed by atoms with Crippen LogP contribution in [-0.4, -0.2) is 52.8 Å². The van der Waals surface area contributed by atoms with Crippen molar-refractivity contribution in [2.45, 2.75) is 30.4 Å². The summed E-state index contributed by atoms with van der Waals surface area (Å²) in [6.07, 6.45) is -0.540. The van der Waals surface area contributed by atoms with Crippen molar-refractivity contribution in [2.75, 3.05) is 26.1 Å². The van der Waals surface area contributed by atoms with Crippen LogP contribution >= 0.6 is 0 Å². The van der Waals surface area contributed by atoms with Crippen molar-refractivity contribution in [3.05, 3.63) is 118 Å². The van der Waals surface area contributed by atoms with E-state index in [1.807, 2.05) is 78.9 Å². The molecule has 5 rings (SSSR count). The van der Waals surface area contributed by atoms with Gasteiger partial charge in [-0.3, -0.25) is 4.57 Å². The molecular weight excluding hydrogens is 498 g/mol. The minimum absolute atomic E-state index is 0.186. The van der Waals surface area contributed by atoms with Crippen LogP contribution in [0.15, 0.2) is 95.9 Å². The van der Waals surface area contributed by atoms with Crippen LogP contribution < -0.4 is 20.5 Å². The van der Waals surface area contributed by atoms with E-state index in [0.29, 0.717) is 5.82 Å². The molecule has 4 aromatic rings. The lowest BCUT2D eigenvalue weighted by molar-refractivity contribution is -0.0458. The second kappa shape index (κ2) is 11.3. The third-order valence-electron chi connectivity index (χ3n) is 7.09. The first-order valence-electron chi connectivity index (χ1n) is 12.6. The highest BCUT2D eigenvalue weighted by atomic mass is 16.5. The molecule has 9 heteroatoms. The molecule has 1 saturated heterocycles. The van der Waals surface area contributed by atoms with Gasteiger partial charge in [-0.2, -0.15) is 4.98 Å². The first kappa shape index (κ1) is 26.4. The Morgan fingerprint density at radius 3 is 1.97 bits per heavy atom. The quantitative estimate of drug-likeness (QED) is 0.283. The zero-order valence-electron chi connectivity index (χ0n) is 21.7. The van der Waals surface area contributed by atoms with Gasteiger partial charge in [-0.1, -0.05) is 54.6 Å². The highest BCUT2D eigenvalue weighted by molar-refractivity contribution is 5.59. The number of nitrogens with zero attached hydrogens (tertiary/aromatic N) is 2. The SMILES string of the molecule is COc1ccc(C(Nc2ccn([C@H]3C[C@H](O)[C@@H](CO)O3)c(=O)n2)(c2ccccc2)c2ccc(OC)cc2)cc1. The molecule has 1 aromatic heterocycles. The highest BCUT2D eigenvalue weighted by Crippen LogP contribution is 2.41. The zero-order chi connectivity index (χ0) is 27.4. The molecule has 0 bridgehead atoms. The summed E-state index contributed by atoms with van der Waals surface area (Å²) >= 11 is 0. The second-order valence-electron chi connectivity index (χ2n) is 9.32. The number of hydrogen-bond donors (Lipinski definition) is 3. The van der Waals surface area contributed by atoms with Crippen molar-refractivity contribution in [1.82, 2.24) is 9.55 Å². The van der Waals surface area contributed by atoms with Crippen LogP contribution in [0.3, 0.4) is 0 Å². The van der Waals surface area contributed by atoms with Gasteiger partial charge in [0.05, 0.1) is 26.9 Å². The van der Waals surface area contributed by atoms with Crippen molar-refractivity contribution in [3.8, 4) is 11.5 Å². The molecule has 1 aliphatic rings. The maximum atomic E-state index is 13.1. The number of benzene rings is 3. The van der Waals surface area contributed by atoms with E-state index in [4.69, 9.17) is 14.2 Å². The van der Waals surface area contributed by atoms with Gasteiger partial charge >= 0.3 is 5.69 Å². The number of hydrogen-bond acceptors (Lipinski definition) is 8. The third-order valence-corrected chi connectivity index (χ3v) is 7.09. The fourth-order valence-corrected chi connectivity index (χ4v) is 5.03. The maximum absolute atomic E-state index is 13.1. The average Bonchev–Trinajstić information content (AvgIpc) is 3.36. The van der Waals surface area contributed by atoms with E-state index in [1.165, 1.54) is 4.57 Å². The van der Waals surface area contributed by atoms with Gasteiger partial charge < -0.3 is 29.7 Å². The van der Waals surface area contributed by atoms with Gasteiger partial charge in [-0.05, 0) is 47.0 Å². The Kier molecular flexibility index (Phi) is 7.65. The van der Waals surface area contributed by atoms with Crippen molar-refractivity contribution in [2.24, 2.45) is 0 Å². The molecule has 0 aliphatic carbocycles. The summed E-state index contributed by atoms with van der Waals surface area (Å²) in [5, 5.41) is 23.1. The van der Waals surface area contributed by atoms with Gasteiger partial charge in [-0.15, -0.1) is 0 Å². The Morgan fingerprint density at radius 2 is 1.49 bits per heavy atom. The standard InChI is InChI=1S/C30H31N3O6/c1-37-23-12-8-21(9-13-23)30(20-6-4-3-5-7-20,22-10-14-24(38-2)15-11-22)32-27-16-17-33(29(36)31-27)28-18-25(35)26(19-34)39-28/h3-17,25-26,28,34-35H,18-19H2,1-2H3,(H,31,32,36)/t25-,26+,28+/m0/s1. The summed E-state index contributed by atoms with van der Waals surface area (Å²) in [5.41, 5.74) is 1.26. The molecule has 3 atom stereocenters. The summed E-state index contributed by atoms with van der Waals surface area (Å²) in [5.74, 6) is 1.79. The predicted octanol–water partition coefficient (Wildman–Crippen LogP) is 3.31. The van der Waals surface area contributed by atoms with E-state index in [-0.39, 0.29) is 13.0 Å². The van der Waals surface area contributed by atoms with Crippen LogP contribution in [-0.2, 0) is 10.3 Å². The Balaban J connectivity index is 1.63. The smallest absolute Gasteiger partial charge is 0.351 e. The summed E-state index contributed by atoms with van der Waals surface area (Å²) in [6, 6.07) is 27.1. The molecule has 0 amide bonds. The van der Waals surface area contributed by atoms with Gasteiger partial charge in [-0.25, -0.2) is 4.79 Å². The molecule has 202 valence electrons. The van der Waals surface area contributed by atoms with Crippen molar-refractivity contribution in [1.29, 1.82) is 0 Å². The molecule has 9 nitrogen and oxygen atoms in total. The summed E-state index contributed by atoms with van der Waals surface area (Å²) in [6.45, 7) is -0.331. The first-order valence-corrected chi connectivity index (χ1v) is 12.6. The number of aromatic nitrogens is 2. The van der Waals surface area contributed by atoms with E-state index < -0.39 is 29.7 Å². The van der Waals surface area contributed by atoms with E-state index in [0.717, 1.165) is 28.2 Å². The van der Waals surface area contributed by atoms with Gasteiger partial charge in [0.25, 0.3) is 0 Å². The second-order valence-corrected chi connectivity index (χ2v) is 9.32. The van der Waals surface area contributed by atoms with E-state index in [9.17, 15) is 15.0 Å². The summed E-state index contributed by atoms with van der Waals surface area (Å²) in [7, 11) is 3.24. The van der Waals surface area contributed by atoms with Crippen LogP contribution in [0.25, 0.3) is 0 Å². The molecule has 1 fully saturated rings. The molecule has 3 aromatic carbocycles. The van der Waals surface area contributed by atoms with Crippen LogP contribution in [0.1, 0.15) is 29.3 Å². The zero-order valence-corrected chi connectivity index (χ0v) is 21.7. The average molecular weight is 530 g/mol. The molecule has 0 saturated carbocycles. The lowest BCUT2D eigenvalue weighted by atomic mass is 9.77. The van der Waals surface area contributed by atoms with Crippen molar-refractivity contribution < 1.29 is 24.4 Å². The fraction of sp³-hybridized carbons (Fsp3) is 0.267. The first-order chi connectivity index (χ1) is 19.0. The van der Waals surface area contributed by atoms with Crippen molar-refractivity contribution >= 4 is 5.82 Å². The predicted molar refractivity (Wildman–Crippen MR) is 146 cm³/mol. The third kappa shape index (κ3) is 5.12. The lowest BCUT2D eigenvalue weighted by Crippen LogP contribution is -2.39. The molecule has 3 N–H and O–H groups in total.